The summed E-state index contributed by atoms with van der Waals surface area (Å²) < 4.78 is 0. The highest BCUT2D eigenvalue weighted by molar-refractivity contribution is 5.79. The van der Waals surface area contributed by atoms with E-state index in [4.69, 9.17) is 5.73 Å². The molecule has 3 nitrogen and oxygen atoms in total. The summed E-state index contributed by atoms with van der Waals surface area (Å²) in [7, 11) is 0. The van der Waals surface area contributed by atoms with Crippen LogP contribution in [0.1, 0.15) is 39.0 Å². The molecule has 0 unspecified atom stereocenters. The van der Waals surface area contributed by atoms with Gasteiger partial charge in [-0.15, -0.1) is 0 Å². The van der Waals surface area contributed by atoms with Gasteiger partial charge in [0, 0.05) is 25.6 Å². The van der Waals surface area contributed by atoms with Crippen molar-refractivity contribution in [3.05, 3.63) is 0 Å². The first kappa shape index (κ1) is 12.5. The Kier molecular flexibility index (Phi) is 3.35. The summed E-state index contributed by atoms with van der Waals surface area (Å²) in [5.41, 5.74) is 5.62. The van der Waals surface area contributed by atoms with Gasteiger partial charge in [-0.1, -0.05) is 0 Å². The molecule has 4 saturated carbocycles. The molecule has 0 aliphatic heterocycles. The van der Waals surface area contributed by atoms with E-state index in [1.54, 1.807) is 0 Å². The first-order chi connectivity index (χ1) is 8.72. The van der Waals surface area contributed by atoms with Crippen LogP contribution in [0, 0.1) is 29.6 Å². The van der Waals surface area contributed by atoms with Gasteiger partial charge in [0.05, 0.1) is 0 Å². The summed E-state index contributed by atoms with van der Waals surface area (Å²) in [6, 6.07) is 0. The highest BCUT2D eigenvalue weighted by atomic mass is 16.2. The predicted molar refractivity (Wildman–Crippen MR) is 71.8 cm³/mol. The van der Waals surface area contributed by atoms with Crippen molar-refractivity contribution in [2.24, 2.45) is 35.3 Å². The second-order valence-corrected chi connectivity index (χ2v) is 6.66. The Morgan fingerprint density at radius 3 is 2.11 bits per heavy atom. The molecule has 2 N–H and O–H groups in total. The number of carbonyl (C=O) groups is 1. The third kappa shape index (κ3) is 1.97. The lowest BCUT2D eigenvalue weighted by molar-refractivity contribution is -0.148. The average Bonchev–Trinajstić information content (AvgIpc) is 2.34. The molecular formula is C15H26N2O. The zero-order valence-electron chi connectivity index (χ0n) is 11.5. The molecule has 4 bridgehead atoms. The molecule has 4 aliphatic carbocycles. The van der Waals surface area contributed by atoms with Crippen LogP contribution >= 0.6 is 0 Å². The molecule has 0 atom stereocenters. The molecule has 0 saturated heterocycles. The van der Waals surface area contributed by atoms with Gasteiger partial charge in [0.15, 0.2) is 0 Å². The van der Waals surface area contributed by atoms with Gasteiger partial charge in [-0.3, -0.25) is 4.79 Å². The van der Waals surface area contributed by atoms with Crippen molar-refractivity contribution in [3.63, 3.8) is 0 Å². The highest BCUT2D eigenvalue weighted by Crippen LogP contribution is 2.56. The third-order valence-electron chi connectivity index (χ3n) is 5.60. The van der Waals surface area contributed by atoms with Crippen LogP contribution in [0.3, 0.4) is 0 Å². The topological polar surface area (TPSA) is 46.3 Å². The van der Waals surface area contributed by atoms with Crippen molar-refractivity contribution in [2.45, 2.75) is 39.0 Å². The van der Waals surface area contributed by atoms with E-state index in [1.165, 1.54) is 32.1 Å². The Morgan fingerprint density at radius 1 is 1.11 bits per heavy atom. The molecule has 18 heavy (non-hydrogen) atoms. The monoisotopic (exact) mass is 250 g/mol. The number of rotatable bonds is 4. The van der Waals surface area contributed by atoms with Gasteiger partial charge in [-0.05, 0) is 62.7 Å². The Balaban J connectivity index is 1.74. The fraction of sp³-hybridized carbons (Fsp3) is 0.933. The Bertz CT molecular complexity index is 300. The lowest BCUT2D eigenvalue weighted by Crippen LogP contribution is -2.52. The number of nitrogens with two attached hydrogens (primary N) is 1. The van der Waals surface area contributed by atoms with Crippen molar-refractivity contribution >= 4 is 5.91 Å². The lowest BCUT2D eigenvalue weighted by Gasteiger charge is -2.54. The van der Waals surface area contributed by atoms with Crippen molar-refractivity contribution < 1.29 is 4.79 Å². The smallest absolute Gasteiger partial charge is 0.226 e. The Labute approximate surface area is 110 Å². The minimum atomic E-state index is 0.337. The fourth-order valence-electron chi connectivity index (χ4n) is 5.12. The van der Waals surface area contributed by atoms with Crippen molar-refractivity contribution in [3.8, 4) is 0 Å². The largest absolute Gasteiger partial charge is 0.341 e. The third-order valence-corrected chi connectivity index (χ3v) is 5.60. The van der Waals surface area contributed by atoms with E-state index in [2.05, 4.69) is 6.92 Å². The van der Waals surface area contributed by atoms with Crippen molar-refractivity contribution in [2.75, 3.05) is 19.6 Å². The quantitative estimate of drug-likeness (QED) is 0.828. The molecule has 0 aromatic heterocycles. The SMILES string of the molecule is CCN(CCN)C(=O)C1C2CC3CC(C2)CC1C3. The van der Waals surface area contributed by atoms with Crippen molar-refractivity contribution in [1.82, 2.24) is 4.90 Å². The maximum Gasteiger partial charge on any atom is 0.226 e. The van der Waals surface area contributed by atoms with Gasteiger partial charge in [-0.25, -0.2) is 0 Å². The van der Waals surface area contributed by atoms with Gasteiger partial charge >= 0.3 is 0 Å². The second kappa shape index (κ2) is 4.84. The van der Waals surface area contributed by atoms with E-state index in [0.717, 1.165) is 24.9 Å². The van der Waals surface area contributed by atoms with E-state index < -0.39 is 0 Å². The summed E-state index contributed by atoms with van der Waals surface area (Å²) in [4.78, 5) is 14.7. The van der Waals surface area contributed by atoms with Crippen LogP contribution in [0.4, 0.5) is 0 Å². The van der Waals surface area contributed by atoms with Crippen LogP contribution in [-0.4, -0.2) is 30.4 Å². The molecule has 0 aromatic rings. The molecular weight excluding hydrogens is 224 g/mol. The van der Waals surface area contributed by atoms with E-state index >= 15 is 0 Å². The first-order valence-corrected chi connectivity index (χ1v) is 7.71. The van der Waals surface area contributed by atoms with E-state index in [9.17, 15) is 4.79 Å². The molecule has 1 amide bonds. The minimum Gasteiger partial charge on any atom is -0.341 e. The Hall–Kier alpha value is -0.570. The average molecular weight is 250 g/mol. The fourth-order valence-corrected chi connectivity index (χ4v) is 5.12. The molecule has 0 spiro atoms. The van der Waals surface area contributed by atoms with Gasteiger partial charge < -0.3 is 10.6 Å². The molecule has 3 heteroatoms. The summed E-state index contributed by atoms with van der Waals surface area (Å²) in [5, 5.41) is 0. The van der Waals surface area contributed by atoms with Gasteiger partial charge in [-0.2, -0.15) is 0 Å². The number of carbonyl (C=O) groups excluding carboxylic acids is 1. The van der Waals surface area contributed by atoms with Gasteiger partial charge in [0.25, 0.3) is 0 Å². The lowest BCUT2D eigenvalue weighted by atomic mass is 9.51. The summed E-state index contributed by atoms with van der Waals surface area (Å²) >= 11 is 0. The molecule has 4 aliphatic rings. The number of nitrogens with zero attached hydrogens (tertiary/aromatic N) is 1. The number of hydrogen-bond acceptors (Lipinski definition) is 2. The van der Waals surface area contributed by atoms with Gasteiger partial charge in [0.2, 0.25) is 5.91 Å². The molecule has 102 valence electrons. The highest BCUT2D eigenvalue weighted by Gasteiger charge is 2.51. The summed E-state index contributed by atoms with van der Waals surface area (Å²) in [6.45, 7) is 4.22. The van der Waals surface area contributed by atoms with Crippen LogP contribution in [-0.2, 0) is 4.79 Å². The number of hydrogen-bond donors (Lipinski definition) is 1. The standard InChI is InChI=1S/C15H26N2O/c1-2-17(4-3-16)15(18)14-12-6-10-5-11(8-12)9-13(14)7-10/h10-14H,2-9,16H2,1H3. The summed E-state index contributed by atoms with van der Waals surface area (Å²) in [6.07, 6.45) is 6.74. The van der Waals surface area contributed by atoms with Crippen LogP contribution < -0.4 is 5.73 Å². The van der Waals surface area contributed by atoms with E-state index in [0.29, 0.717) is 30.2 Å². The van der Waals surface area contributed by atoms with E-state index in [-0.39, 0.29) is 0 Å². The van der Waals surface area contributed by atoms with Crippen LogP contribution in [0.15, 0.2) is 0 Å². The molecule has 4 fully saturated rings. The number of likely N-dealkylation sites (N-methyl/N-ethyl adjacent to an activating group) is 1. The molecule has 4 rings (SSSR count). The second-order valence-electron chi connectivity index (χ2n) is 6.66. The van der Waals surface area contributed by atoms with E-state index in [1.807, 2.05) is 4.90 Å². The van der Waals surface area contributed by atoms with Crippen molar-refractivity contribution in [1.29, 1.82) is 0 Å². The molecule has 0 heterocycles. The maximum absolute atomic E-state index is 12.7. The summed E-state index contributed by atoms with van der Waals surface area (Å²) in [5.74, 6) is 4.03. The van der Waals surface area contributed by atoms with Crippen LogP contribution in [0.25, 0.3) is 0 Å². The normalized spacial score (nSPS) is 41.1. The van der Waals surface area contributed by atoms with Gasteiger partial charge in [0.1, 0.15) is 0 Å². The number of amides is 1. The van der Waals surface area contributed by atoms with Crippen LogP contribution in [0.5, 0.6) is 0 Å². The zero-order valence-corrected chi connectivity index (χ0v) is 11.5. The minimum absolute atomic E-state index is 0.337. The zero-order chi connectivity index (χ0) is 12.7. The maximum atomic E-state index is 12.7. The predicted octanol–water partition coefficient (Wildman–Crippen LogP) is 1.87. The molecule has 0 radical (unpaired) electrons. The molecule has 0 aromatic carbocycles. The first-order valence-electron chi connectivity index (χ1n) is 7.71. The Morgan fingerprint density at radius 2 is 1.67 bits per heavy atom. The van der Waals surface area contributed by atoms with Crippen LogP contribution in [0.2, 0.25) is 0 Å².